The molecule has 2 rings (SSSR count). The standard InChI is InChI=1S/C17H25FN2O3/c1-4-20(10-13-7-8-22-11-13)17(21)19-16-6-5-14(9-15(16)18)23-12(2)3/h5-6,9,12-13H,4,7-8,10-11H2,1-3H3,(H,19,21)/t13-/m0/s1. The van der Waals surface area contributed by atoms with Gasteiger partial charge in [0.2, 0.25) is 0 Å². The maximum atomic E-state index is 14.1. The molecule has 1 fully saturated rings. The maximum Gasteiger partial charge on any atom is 0.321 e. The SMILES string of the molecule is CCN(C[C@@H]1CCOC1)C(=O)Nc1ccc(OC(C)C)cc1F. The molecule has 1 heterocycles. The summed E-state index contributed by atoms with van der Waals surface area (Å²) in [6.07, 6.45) is 0.929. The molecule has 0 unspecified atom stereocenters. The molecular weight excluding hydrogens is 299 g/mol. The molecule has 1 aromatic rings. The largest absolute Gasteiger partial charge is 0.491 e. The van der Waals surface area contributed by atoms with E-state index >= 15 is 0 Å². The molecule has 2 amide bonds. The Labute approximate surface area is 136 Å². The lowest BCUT2D eigenvalue weighted by atomic mass is 10.1. The summed E-state index contributed by atoms with van der Waals surface area (Å²) in [6, 6.07) is 4.17. The number of nitrogens with one attached hydrogen (secondary N) is 1. The molecule has 23 heavy (non-hydrogen) atoms. The van der Waals surface area contributed by atoms with Crippen LogP contribution in [0.15, 0.2) is 18.2 Å². The lowest BCUT2D eigenvalue weighted by molar-refractivity contribution is 0.171. The van der Waals surface area contributed by atoms with Gasteiger partial charge in [-0.05, 0) is 39.3 Å². The number of benzene rings is 1. The van der Waals surface area contributed by atoms with Gasteiger partial charge in [0.15, 0.2) is 0 Å². The van der Waals surface area contributed by atoms with Gasteiger partial charge in [-0.1, -0.05) is 0 Å². The third-order valence-electron chi connectivity index (χ3n) is 3.73. The van der Waals surface area contributed by atoms with Gasteiger partial charge < -0.3 is 19.7 Å². The van der Waals surface area contributed by atoms with Crippen LogP contribution in [0, 0.1) is 11.7 Å². The summed E-state index contributed by atoms with van der Waals surface area (Å²) in [7, 11) is 0. The predicted molar refractivity (Wildman–Crippen MR) is 87.4 cm³/mol. The minimum atomic E-state index is -0.503. The Bertz CT molecular complexity index is 531. The monoisotopic (exact) mass is 324 g/mol. The van der Waals surface area contributed by atoms with Crippen molar-refractivity contribution in [3.05, 3.63) is 24.0 Å². The fourth-order valence-corrected chi connectivity index (χ4v) is 2.53. The molecular formula is C17H25FN2O3. The molecule has 1 aromatic carbocycles. The van der Waals surface area contributed by atoms with E-state index in [0.29, 0.717) is 31.4 Å². The zero-order valence-electron chi connectivity index (χ0n) is 14.0. The van der Waals surface area contributed by atoms with E-state index in [-0.39, 0.29) is 17.8 Å². The van der Waals surface area contributed by atoms with Crippen molar-refractivity contribution in [2.45, 2.75) is 33.3 Å². The van der Waals surface area contributed by atoms with Crippen LogP contribution in [0.3, 0.4) is 0 Å². The number of carbonyl (C=O) groups excluding carboxylic acids is 1. The van der Waals surface area contributed by atoms with Gasteiger partial charge >= 0.3 is 6.03 Å². The third kappa shape index (κ3) is 5.10. The number of halogens is 1. The van der Waals surface area contributed by atoms with Crippen LogP contribution in [-0.2, 0) is 4.74 Å². The Balaban J connectivity index is 1.97. The van der Waals surface area contributed by atoms with Crippen LogP contribution in [0.25, 0.3) is 0 Å². The molecule has 0 saturated carbocycles. The third-order valence-corrected chi connectivity index (χ3v) is 3.73. The topological polar surface area (TPSA) is 50.8 Å². The maximum absolute atomic E-state index is 14.1. The average Bonchev–Trinajstić information content (AvgIpc) is 3.00. The number of hydrogen-bond acceptors (Lipinski definition) is 3. The highest BCUT2D eigenvalue weighted by atomic mass is 19.1. The smallest absolute Gasteiger partial charge is 0.321 e. The van der Waals surface area contributed by atoms with Gasteiger partial charge in [0.25, 0.3) is 0 Å². The molecule has 0 radical (unpaired) electrons. The van der Waals surface area contributed by atoms with Crippen molar-refractivity contribution in [1.29, 1.82) is 0 Å². The van der Waals surface area contributed by atoms with Crippen LogP contribution in [0.4, 0.5) is 14.9 Å². The number of ether oxygens (including phenoxy) is 2. The summed E-state index contributed by atoms with van der Waals surface area (Å²) >= 11 is 0. The Kier molecular flexibility index (Phi) is 6.21. The summed E-state index contributed by atoms with van der Waals surface area (Å²) in [6.45, 7) is 8.27. The van der Waals surface area contributed by atoms with Gasteiger partial charge in [-0.15, -0.1) is 0 Å². The van der Waals surface area contributed by atoms with Gasteiger partial charge in [0.1, 0.15) is 11.6 Å². The molecule has 1 atom stereocenters. The van der Waals surface area contributed by atoms with Crippen molar-refractivity contribution in [3.63, 3.8) is 0 Å². The molecule has 1 N–H and O–H groups in total. The minimum Gasteiger partial charge on any atom is -0.491 e. The summed E-state index contributed by atoms with van der Waals surface area (Å²) < 4.78 is 24.9. The first kappa shape index (κ1) is 17.5. The first-order valence-corrected chi connectivity index (χ1v) is 8.09. The van der Waals surface area contributed by atoms with Crippen LogP contribution in [0.1, 0.15) is 27.2 Å². The number of rotatable bonds is 6. The predicted octanol–water partition coefficient (Wildman–Crippen LogP) is 3.50. The first-order valence-electron chi connectivity index (χ1n) is 8.09. The quantitative estimate of drug-likeness (QED) is 0.871. The highest BCUT2D eigenvalue weighted by molar-refractivity contribution is 5.89. The number of hydrogen-bond donors (Lipinski definition) is 1. The molecule has 1 aliphatic heterocycles. The van der Waals surface area contributed by atoms with Crippen LogP contribution >= 0.6 is 0 Å². The summed E-state index contributed by atoms with van der Waals surface area (Å²) in [5, 5.41) is 2.63. The molecule has 0 spiro atoms. The van der Waals surface area contributed by atoms with Crippen LogP contribution in [0.2, 0.25) is 0 Å². The van der Waals surface area contributed by atoms with Crippen molar-refractivity contribution in [1.82, 2.24) is 4.90 Å². The lowest BCUT2D eigenvalue weighted by Gasteiger charge is -2.24. The van der Waals surface area contributed by atoms with Crippen LogP contribution < -0.4 is 10.1 Å². The van der Waals surface area contributed by atoms with E-state index < -0.39 is 5.82 Å². The first-order chi connectivity index (χ1) is 11.0. The fourth-order valence-electron chi connectivity index (χ4n) is 2.53. The van der Waals surface area contributed by atoms with E-state index in [2.05, 4.69) is 5.32 Å². The van der Waals surface area contributed by atoms with Gasteiger partial charge in [-0.25, -0.2) is 9.18 Å². The number of amides is 2. The van der Waals surface area contributed by atoms with Crippen molar-refractivity contribution in [2.24, 2.45) is 5.92 Å². The molecule has 0 aliphatic carbocycles. The number of anilines is 1. The summed E-state index contributed by atoms with van der Waals surface area (Å²) in [5.74, 6) is 0.301. The van der Waals surface area contributed by atoms with E-state index in [1.54, 1.807) is 11.0 Å². The van der Waals surface area contributed by atoms with E-state index in [0.717, 1.165) is 13.0 Å². The highest BCUT2D eigenvalue weighted by Crippen LogP contribution is 2.22. The summed E-state index contributed by atoms with van der Waals surface area (Å²) in [4.78, 5) is 14.0. The lowest BCUT2D eigenvalue weighted by Crippen LogP contribution is -2.38. The Morgan fingerprint density at radius 3 is 2.87 bits per heavy atom. The van der Waals surface area contributed by atoms with Crippen molar-refractivity contribution in [2.75, 3.05) is 31.6 Å². The van der Waals surface area contributed by atoms with Crippen molar-refractivity contribution in [3.8, 4) is 5.75 Å². The molecule has 1 saturated heterocycles. The van der Waals surface area contributed by atoms with Crippen molar-refractivity contribution < 1.29 is 18.7 Å². The second-order valence-corrected chi connectivity index (χ2v) is 6.01. The highest BCUT2D eigenvalue weighted by Gasteiger charge is 2.22. The number of nitrogens with zero attached hydrogens (tertiary/aromatic N) is 1. The molecule has 128 valence electrons. The van der Waals surface area contributed by atoms with E-state index in [1.165, 1.54) is 12.1 Å². The molecule has 5 nitrogen and oxygen atoms in total. The van der Waals surface area contributed by atoms with Gasteiger partial charge in [-0.2, -0.15) is 0 Å². The minimum absolute atomic E-state index is 0.0287. The van der Waals surface area contributed by atoms with Crippen LogP contribution in [0.5, 0.6) is 5.75 Å². The fraction of sp³-hybridized carbons (Fsp3) is 0.588. The van der Waals surface area contributed by atoms with Gasteiger partial charge in [-0.3, -0.25) is 0 Å². The number of urea groups is 1. The van der Waals surface area contributed by atoms with Gasteiger partial charge in [0.05, 0.1) is 18.4 Å². The molecule has 0 bridgehead atoms. The molecule has 0 aromatic heterocycles. The zero-order valence-corrected chi connectivity index (χ0v) is 14.0. The Morgan fingerprint density at radius 2 is 2.30 bits per heavy atom. The second-order valence-electron chi connectivity index (χ2n) is 6.01. The molecule has 1 aliphatic rings. The Morgan fingerprint density at radius 1 is 1.52 bits per heavy atom. The molecule has 6 heteroatoms. The second kappa shape index (κ2) is 8.15. The Hall–Kier alpha value is -1.82. The van der Waals surface area contributed by atoms with E-state index in [1.807, 2.05) is 20.8 Å². The van der Waals surface area contributed by atoms with Crippen molar-refractivity contribution >= 4 is 11.7 Å². The van der Waals surface area contributed by atoms with Crippen LogP contribution in [-0.4, -0.2) is 43.3 Å². The van der Waals surface area contributed by atoms with E-state index in [4.69, 9.17) is 9.47 Å². The van der Waals surface area contributed by atoms with E-state index in [9.17, 15) is 9.18 Å². The normalized spacial score (nSPS) is 17.3. The summed E-state index contributed by atoms with van der Waals surface area (Å²) in [5.41, 5.74) is 0.159. The average molecular weight is 324 g/mol. The zero-order chi connectivity index (χ0) is 16.8. The van der Waals surface area contributed by atoms with Gasteiger partial charge in [0, 0.05) is 31.7 Å². The number of carbonyl (C=O) groups is 1.